The minimum Gasteiger partial charge on any atom is -0.286 e. The van der Waals surface area contributed by atoms with Crippen LogP contribution in [0.3, 0.4) is 0 Å². The van der Waals surface area contributed by atoms with Gasteiger partial charge in [0.2, 0.25) is 18.3 Å². The number of carbonyl (C=O) groups is 2. The van der Waals surface area contributed by atoms with Crippen molar-refractivity contribution >= 4 is 18.3 Å². The van der Waals surface area contributed by atoms with Gasteiger partial charge in [-0.15, -0.1) is 0 Å². The molecule has 0 radical (unpaired) electrons. The van der Waals surface area contributed by atoms with Gasteiger partial charge in [-0.2, -0.15) is 13.2 Å². The van der Waals surface area contributed by atoms with E-state index in [9.17, 15) is 28.0 Å². The highest BCUT2D eigenvalue weighted by Crippen LogP contribution is 2.27. The number of carbonyl (C=O) groups excluding carboxylic acids is 2. The summed E-state index contributed by atoms with van der Waals surface area (Å²) >= 11 is 0. The predicted molar refractivity (Wildman–Crippen MR) is 85.5 cm³/mol. The molecule has 0 aliphatic heterocycles. The Hall–Kier alpha value is -2.43. The molecular formula is C15H22F3N5O3. The maximum absolute atomic E-state index is 12.6. The quantitative estimate of drug-likeness (QED) is 0.364. The Labute approximate surface area is 148 Å². The predicted octanol–water partition coefficient (Wildman–Crippen LogP) is 2.23. The van der Waals surface area contributed by atoms with Crippen molar-refractivity contribution in [2.75, 3.05) is 12.0 Å². The zero-order chi connectivity index (χ0) is 20.0. The molecule has 0 fully saturated rings. The average molecular weight is 377 g/mol. The van der Waals surface area contributed by atoms with E-state index in [0.29, 0.717) is 24.0 Å². The number of anilines is 1. The molecule has 0 saturated heterocycles. The zero-order valence-electron chi connectivity index (χ0n) is 14.7. The highest BCUT2D eigenvalue weighted by atomic mass is 19.4. The topological polar surface area (TPSA) is 107 Å². The van der Waals surface area contributed by atoms with Gasteiger partial charge in [0, 0.05) is 6.20 Å². The Kier molecular flexibility index (Phi) is 7.30. The summed E-state index contributed by atoms with van der Waals surface area (Å²) in [6, 6.07) is 0.701. The number of hydroxylamine groups is 2. The van der Waals surface area contributed by atoms with Gasteiger partial charge in [-0.1, -0.05) is 20.8 Å². The summed E-state index contributed by atoms with van der Waals surface area (Å²) in [5, 5.41) is 9.67. The molecule has 2 amide bonds. The molecule has 1 aromatic rings. The fraction of sp³-hybridized carbons (Fsp3) is 0.600. The standard InChI is InChI=1S/C15H22F3N5O3/c1-14(2,3)6-4-10(8-23(26)9-24)12(25)21-22-13-19-7-5-11(20-13)15(16,17)18/h5,7,9-10,26H,4,6,8H2,1-3H3,(H,21,25)(H,19,20,22)/t10-/m0/s1. The molecule has 0 spiro atoms. The number of halogens is 3. The number of amides is 2. The molecule has 26 heavy (non-hydrogen) atoms. The second kappa shape index (κ2) is 8.79. The van der Waals surface area contributed by atoms with E-state index in [1.807, 2.05) is 20.8 Å². The number of hydrogen-bond acceptors (Lipinski definition) is 6. The number of nitrogens with zero attached hydrogens (tertiary/aromatic N) is 3. The minimum absolute atomic E-state index is 0.0857. The molecule has 8 nitrogen and oxygen atoms in total. The SMILES string of the molecule is CC(C)(C)CC[C@@H](CN(O)C=O)C(=O)NNc1nccc(C(F)(F)F)n1. The molecule has 0 aliphatic carbocycles. The molecule has 0 saturated carbocycles. The third-order valence-electron chi connectivity index (χ3n) is 3.39. The smallest absolute Gasteiger partial charge is 0.286 e. The Balaban J connectivity index is 2.75. The van der Waals surface area contributed by atoms with Gasteiger partial charge < -0.3 is 0 Å². The van der Waals surface area contributed by atoms with Crippen LogP contribution in [0.4, 0.5) is 19.1 Å². The first-order chi connectivity index (χ1) is 11.9. The minimum atomic E-state index is -4.64. The lowest BCUT2D eigenvalue weighted by Gasteiger charge is -2.24. The lowest BCUT2D eigenvalue weighted by Crippen LogP contribution is -2.41. The van der Waals surface area contributed by atoms with Crippen LogP contribution in [-0.4, -0.2) is 39.1 Å². The summed E-state index contributed by atoms with van der Waals surface area (Å²) in [6.07, 6.45) is -2.59. The van der Waals surface area contributed by atoms with Gasteiger partial charge in [-0.05, 0) is 24.3 Å². The summed E-state index contributed by atoms with van der Waals surface area (Å²) in [6.45, 7) is 5.64. The van der Waals surface area contributed by atoms with Gasteiger partial charge in [0.05, 0.1) is 12.5 Å². The number of aromatic nitrogens is 2. The van der Waals surface area contributed by atoms with E-state index in [1.165, 1.54) is 0 Å². The van der Waals surface area contributed by atoms with Gasteiger partial charge in [-0.25, -0.2) is 15.0 Å². The molecule has 0 unspecified atom stereocenters. The van der Waals surface area contributed by atoms with Crippen molar-refractivity contribution < 1.29 is 28.0 Å². The summed E-state index contributed by atoms with van der Waals surface area (Å²) in [5.41, 5.74) is 3.18. The molecule has 1 aromatic heterocycles. The molecule has 1 rings (SSSR count). The second-order valence-corrected chi connectivity index (χ2v) is 6.90. The van der Waals surface area contributed by atoms with Gasteiger partial charge in [0.15, 0.2) is 0 Å². The Morgan fingerprint density at radius 1 is 1.38 bits per heavy atom. The van der Waals surface area contributed by atoms with E-state index >= 15 is 0 Å². The Bertz CT molecular complexity index is 619. The Morgan fingerprint density at radius 2 is 2.04 bits per heavy atom. The van der Waals surface area contributed by atoms with Crippen LogP contribution in [-0.2, 0) is 15.8 Å². The first-order valence-electron chi connectivity index (χ1n) is 7.79. The van der Waals surface area contributed by atoms with Crippen LogP contribution in [0, 0.1) is 11.3 Å². The van der Waals surface area contributed by atoms with E-state index in [4.69, 9.17) is 0 Å². The number of hydrogen-bond donors (Lipinski definition) is 3. The van der Waals surface area contributed by atoms with Crippen LogP contribution < -0.4 is 10.9 Å². The van der Waals surface area contributed by atoms with E-state index in [-0.39, 0.29) is 18.4 Å². The lowest BCUT2D eigenvalue weighted by molar-refractivity contribution is -0.154. The van der Waals surface area contributed by atoms with E-state index in [2.05, 4.69) is 20.8 Å². The maximum atomic E-state index is 12.6. The molecule has 146 valence electrons. The van der Waals surface area contributed by atoms with Crippen molar-refractivity contribution in [3.05, 3.63) is 18.0 Å². The van der Waals surface area contributed by atoms with Crippen molar-refractivity contribution in [2.45, 2.75) is 39.8 Å². The fourth-order valence-electron chi connectivity index (χ4n) is 1.98. The van der Waals surface area contributed by atoms with E-state index in [1.54, 1.807) is 0 Å². The van der Waals surface area contributed by atoms with Crippen molar-refractivity contribution in [3.63, 3.8) is 0 Å². The average Bonchev–Trinajstić information content (AvgIpc) is 2.54. The van der Waals surface area contributed by atoms with Crippen LogP contribution >= 0.6 is 0 Å². The monoisotopic (exact) mass is 377 g/mol. The Morgan fingerprint density at radius 3 is 2.58 bits per heavy atom. The molecular weight excluding hydrogens is 355 g/mol. The molecule has 1 heterocycles. The van der Waals surface area contributed by atoms with Crippen molar-refractivity contribution in [3.8, 4) is 0 Å². The van der Waals surface area contributed by atoms with Crippen molar-refractivity contribution in [1.29, 1.82) is 0 Å². The van der Waals surface area contributed by atoms with E-state index < -0.39 is 29.6 Å². The molecule has 0 aromatic carbocycles. The van der Waals surface area contributed by atoms with Crippen LogP contribution in [0.5, 0.6) is 0 Å². The lowest BCUT2D eigenvalue weighted by atomic mass is 9.86. The first kappa shape index (κ1) is 21.6. The zero-order valence-corrected chi connectivity index (χ0v) is 14.7. The molecule has 0 bridgehead atoms. The third kappa shape index (κ3) is 7.64. The van der Waals surface area contributed by atoms with Crippen LogP contribution in [0.25, 0.3) is 0 Å². The molecule has 0 aliphatic rings. The molecule has 11 heteroatoms. The number of rotatable bonds is 8. The third-order valence-corrected chi connectivity index (χ3v) is 3.39. The van der Waals surface area contributed by atoms with E-state index in [0.717, 1.165) is 6.20 Å². The normalized spacial score (nSPS) is 13.0. The summed E-state index contributed by atoms with van der Waals surface area (Å²) in [4.78, 5) is 29.7. The highest BCUT2D eigenvalue weighted by Gasteiger charge is 2.33. The van der Waals surface area contributed by atoms with Gasteiger partial charge >= 0.3 is 6.18 Å². The largest absolute Gasteiger partial charge is 0.433 e. The van der Waals surface area contributed by atoms with Crippen molar-refractivity contribution in [1.82, 2.24) is 20.5 Å². The number of hydrazine groups is 1. The molecule has 1 atom stereocenters. The van der Waals surface area contributed by atoms with Crippen molar-refractivity contribution in [2.24, 2.45) is 11.3 Å². The summed E-state index contributed by atoms with van der Waals surface area (Å²) in [7, 11) is 0. The summed E-state index contributed by atoms with van der Waals surface area (Å²) in [5.74, 6) is -1.82. The number of nitrogens with one attached hydrogen (secondary N) is 2. The van der Waals surface area contributed by atoms with Crippen LogP contribution in [0.1, 0.15) is 39.3 Å². The van der Waals surface area contributed by atoms with Gasteiger partial charge in [-0.3, -0.25) is 25.6 Å². The molecule has 3 N–H and O–H groups in total. The van der Waals surface area contributed by atoms with Crippen LogP contribution in [0.2, 0.25) is 0 Å². The van der Waals surface area contributed by atoms with Crippen LogP contribution in [0.15, 0.2) is 12.3 Å². The van der Waals surface area contributed by atoms with Gasteiger partial charge in [0.25, 0.3) is 0 Å². The highest BCUT2D eigenvalue weighted by molar-refractivity contribution is 5.80. The fourth-order valence-corrected chi connectivity index (χ4v) is 1.98. The summed E-state index contributed by atoms with van der Waals surface area (Å²) < 4.78 is 37.9. The second-order valence-electron chi connectivity index (χ2n) is 6.90. The first-order valence-corrected chi connectivity index (χ1v) is 7.79. The maximum Gasteiger partial charge on any atom is 0.433 e. The number of alkyl halides is 3. The van der Waals surface area contributed by atoms with Gasteiger partial charge in [0.1, 0.15) is 5.69 Å².